The molecule has 1 atom stereocenters. The van der Waals surface area contributed by atoms with E-state index in [2.05, 4.69) is 4.99 Å². The number of rotatable bonds is 10. The number of ether oxygens (including phenoxy) is 4. The van der Waals surface area contributed by atoms with Gasteiger partial charge in [-0.05, 0) is 73.0 Å². The van der Waals surface area contributed by atoms with Gasteiger partial charge in [-0.15, -0.1) is 0 Å². The Hall–Kier alpha value is -4.87. The zero-order valence-electron chi connectivity index (χ0n) is 24.8. The summed E-state index contributed by atoms with van der Waals surface area (Å²) in [6, 6.07) is 16.1. The first-order valence-corrected chi connectivity index (χ1v) is 15.0. The molecule has 0 saturated heterocycles. The number of aromatic nitrogens is 1. The van der Waals surface area contributed by atoms with E-state index in [9.17, 15) is 19.5 Å². The number of allylic oxidation sites excluding steroid dienone is 1. The molecule has 0 radical (unpaired) electrons. The average Bonchev–Trinajstić information content (AvgIpc) is 3.33. The van der Waals surface area contributed by atoms with Crippen molar-refractivity contribution in [2.45, 2.75) is 26.5 Å². The highest BCUT2D eigenvalue weighted by molar-refractivity contribution is 7.07. The molecule has 0 bridgehead atoms. The molecule has 1 aromatic heterocycles. The van der Waals surface area contributed by atoms with Gasteiger partial charge >= 0.3 is 11.9 Å². The monoisotopic (exact) mass is 648 g/mol. The van der Waals surface area contributed by atoms with Gasteiger partial charge in [0, 0.05) is 0 Å². The Morgan fingerprint density at radius 2 is 1.84 bits per heavy atom. The largest absolute Gasteiger partial charge is 0.497 e. The van der Waals surface area contributed by atoms with Gasteiger partial charge in [-0.25, -0.2) is 14.6 Å². The van der Waals surface area contributed by atoms with Gasteiger partial charge in [-0.3, -0.25) is 9.36 Å². The van der Waals surface area contributed by atoms with Crippen molar-refractivity contribution in [1.29, 1.82) is 0 Å². The molecule has 5 rings (SSSR count). The van der Waals surface area contributed by atoms with Crippen LogP contribution in [-0.4, -0.2) is 42.4 Å². The maximum atomic E-state index is 14.0. The minimum atomic E-state index is -1.04. The SMILES string of the molecule is CCOC(=O)C1=C(C)N=c2s/c(=C/c3cc(Cl)c(OCc4cccc(C(=O)O)c4)c(OC)c3)c(=O)n2[C@@H]1c1ccc(OC)cc1. The van der Waals surface area contributed by atoms with E-state index in [0.717, 1.165) is 0 Å². The average molecular weight is 649 g/mol. The number of thiazole rings is 1. The molecule has 12 heteroatoms. The predicted molar refractivity (Wildman–Crippen MR) is 169 cm³/mol. The van der Waals surface area contributed by atoms with Crippen LogP contribution in [0.4, 0.5) is 0 Å². The van der Waals surface area contributed by atoms with E-state index in [1.165, 1.54) is 35.1 Å². The number of halogens is 1. The summed E-state index contributed by atoms with van der Waals surface area (Å²) in [6.07, 6.45) is 1.67. The molecule has 1 aliphatic rings. The summed E-state index contributed by atoms with van der Waals surface area (Å²) in [4.78, 5) is 43.4. The summed E-state index contributed by atoms with van der Waals surface area (Å²) < 4.78 is 24.0. The van der Waals surface area contributed by atoms with Crippen LogP contribution in [-0.2, 0) is 16.1 Å². The highest BCUT2D eigenvalue weighted by Crippen LogP contribution is 2.37. The van der Waals surface area contributed by atoms with E-state index < -0.39 is 18.0 Å². The first-order valence-electron chi connectivity index (χ1n) is 13.8. The molecular formula is C33H29ClN2O8S. The second-order valence-corrected chi connectivity index (χ2v) is 11.3. The van der Waals surface area contributed by atoms with Gasteiger partial charge in [0.05, 0.1) is 53.3 Å². The number of nitrogens with zero attached hydrogens (tertiary/aromatic N) is 2. The Balaban J connectivity index is 1.55. The molecule has 2 heterocycles. The van der Waals surface area contributed by atoms with Crippen LogP contribution in [0.5, 0.6) is 17.2 Å². The Bertz CT molecular complexity index is 2000. The molecule has 10 nitrogen and oxygen atoms in total. The van der Waals surface area contributed by atoms with E-state index in [1.54, 1.807) is 75.6 Å². The molecule has 45 heavy (non-hydrogen) atoms. The zero-order valence-corrected chi connectivity index (χ0v) is 26.4. The molecule has 0 aliphatic carbocycles. The lowest BCUT2D eigenvalue weighted by Crippen LogP contribution is -2.39. The molecule has 3 aromatic carbocycles. The number of aromatic carboxylic acids is 1. The Labute approximate surface area is 267 Å². The fourth-order valence-corrected chi connectivity index (χ4v) is 6.28. The summed E-state index contributed by atoms with van der Waals surface area (Å²) >= 11 is 7.80. The number of esters is 1. The van der Waals surface area contributed by atoms with Crippen molar-refractivity contribution in [3.05, 3.63) is 119 Å². The molecule has 0 amide bonds. The van der Waals surface area contributed by atoms with Crippen molar-refractivity contribution in [3.8, 4) is 17.2 Å². The highest BCUT2D eigenvalue weighted by Gasteiger charge is 2.33. The molecule has 0 spiro atoms. The van der Waals surface area contributed by atoms with Crippen LogP contribution in [0.1, 0.15) is 46.9 Å². The lowest BCUT2D eigenvalue weighted by Gasteiger charge is -2.24. The van der Waals surface area contributed by atoms with Crippen molar-refractivity contribution in [2.24, 2.45) is 4.99 Å². The zero-order chi connectivity index (χ0) is 32.2. The fourth-order valence-electron chi connectivity index (χ4n) is 4.96. The molecule has 0 saturated carbocycles. The Morgan fingerprint density at radius 3 is 2.51 bits per heavy atom. The molecule has 4 aromatic rings. The van der Waals surface area contributed by atoms with E-state index in [1.807, 2.05) is 0 Å². The van der Waals surface area contributed by atoms with Crippen LogP contribution in [0.2, 0.25) is 5.02 Å². The Kier molecular flexibility index (Phi) is 9.40. The van der Waals surface area contributed by atoms with Gasteiger partial charge in [0.15, 0.2) is 16.3 Å². The van der Waals surface area contributed by atoms with Crippen molar-refractivity contribution < 1.29 is 33.6 Å². The van der Waals surface area contributed by atoms with Gasteiger partial charge in [-0.1, -0.05) is 47.2 Å². The summed E-state index contributed by atoms with van der Waals surface area (Å²) in [6.45, 7) is 3.67. The standard InChI is InChI=1S/C33H29ClN2O8S/c1-5-43-32(40)27-18(2)35-33-36(28(27)21-9-11-23(41-3)12-10-21)30(37)26(45-33)16-20-14-24(34)29(25(15-20)42-4)44-17-19-7-6-8-22(13-19)31(38)39/h6-16,28H,5,17H2,1-4H3,(H,38,39)/b26-16+/t28-/m1/s1. The number of carbonyl (C=O) groups excluding carboxylic acids is 1. The smallest absolute Gasteiger partial charge is 0.338 e. The normalized spacial score (nSPS) is 14.4. The minimum absolute atomic E-state index is 0.0582. The van der Waals surface area contributed by atoms with Crippen LogP contribution in [0.3, 0.4) is 0 Å². The van der Waals surface area contributed by atoms with Crippen LogP contribution in [0.25, 0.3) is 6.08 Å². The van der Waals surface area contributed by atoms with Crippen LogP contribution in [0, 0.1) is 0 Å². The first-order chi connectivity index (χ1) is 21.6. The third kappa shape index (κ3) is 6.50. The van der Waals surface area contributed by atoms with Gasteiger partial charge in [0.1, 0.15) is 12.4 Å². The summed E-state index contributed by atoms with van der Waals surface area (Å²) in [7, 11) is 3.03. The molecule has 232 valence electrons. The molecule has 0 fully saturated rings. The number of hydrogen-bond donors (Lipinski definition) is 1. The van der Waals surface area contributed by atoms with Gasteiger partial charge in [-0.2, -0.15) is 0 Å². The molecule has 1 aliphatic heterocycles. The van der Waals surface area contributed by atoms with Gasteiger partial charge < -0.3 is 24.1 Å². The number of fused-ring (bicyclic) bond motifs is 1. The topological polar surface area (TPSA) is 126 Å². The van der Waals surface area contributed by atoms with Crippen LogP contribution < -0.4 is 29.1 Å². The number of carboxylic acid groups (broad SMARTS) is 1. The van der Waals surface area contributed by atoms with E-state index in [4.69, 9.17) is 30.5 Å². The van der Waals surface area contributed by atoms with Crippen LogP contribution in [0.15, 0.2) is 81.7 Å². The van der Waals surface area contributed by atoms with Crippen molar-refractivity contribution >= 4 is 41.0 Å². The maximum Gasteiger partial charge on any atom is 0.338 e. The van der Waals surface area contributed by atoms with Crippen molar-refractivity contribution in [2.75, 3.05) is 20.8 Å². The first kappa shape index (κ1) is 31.6. The van der Waals surface area contributed by atoms with Crippen LogP contribution >= 0.6 is 22.9 Å². The molecule has 0 unspecified atom stereocenters. The van der Waals surface area contributed by atoms with Crippen molar-refractivity contribution in [3.63, 3.8) is 0 Å². The van der Waals surface area contributed by atoms with Crippen molar-refractivity contribution in [1.82, 2.24) is 4.57 Å². The lowest BCUT2D eigenvalue weighted by atomic mass is 9.96. The fraction of sp³-hybridized carbons (Fsp3) is 0.212. The number of methoxy groups -OCH3 is 2. The molecular weight excluding hydrogens is 620 g/mol. The summed E-state index contributed by atoms with van der Waals surface area (Å²) in [5.74, 6) is -0.350. The second kappa shape index (κ2) is 13.4. The third-order valence-electron chi connectivity index (χ3n) is 7.06. The summed E-state index contributed by atoms with van der Waals surface area (Å²) in [5, 5.41) is 9.50. The van der Waals surface area contributed by atoms with Gasteiger partial charge in [0.2, 0.25) is 0 Å². The lowest BCUT2D eigenvalue weighted by molar-refractivity contribution is -0.139. The minimum Gasteiger partial charge on any atom is -0.497 e. The summed E-state index contributed by atoms with van der Waals surface area (Å²) in [5.41, 5.74) is 2.45. The number of hydrogen-bond acceptors (Lipinski definition) is 9. The quantitative estimate of drug-likeness (QED) is 0.244. The number of carboxylic acids is 1. The second-order valence-electron chi connectivity index (χ2n) is 9.90. The van der Waals surface area contributed by atoms with Gasteiger partial charge in [0.25, 0.3) is 5.56 Å². The number of carbonyl (C=O) groups is 2. The van der Waals surface area contributed by atoms with E-state index in [-0.39, 0.29) is 40.7 Å². The predicted octanol–water partition coefficient (Wildman–Crippen LogP) is 4.75. The third-order valence-corrected chi connectivity index (χ3v) is 8.32. The van der Waals surface area contributed by atoms with E-state index in [0.29, 0.717) is 43.2 Å². The number of benzene rings is 3. The molecule has 1 N–H and O–H groups in total. The van der Waals surface area contributed by atoms with E-state index >= 15 is 0 Å². The maximum absolute atomic E-state index is 14.0. The Morgan fingerprint density at radius 1 is 1.09 bits per heavy atom. The highest BCUT2D eigenvalue weighted by atomic mass is 35.5.